The fraction of sp³-hybridized carbons (Fsp3) is 0.310. The van der Waals surface area contributed by atoms with Crippen LogP contribution in [0.2, 0.25) is 0 Å². The maximum absolute atomic E-state index is 13.5. The zero-order chi connectivity index (χ0) is 70.2. The lowest BCUT2D eigenvalue weighted by Crippen LogP contribution is -2.60. The van der Waals surface area contributed by atoms with Crippen molar-refractivity contribution in [3.05, 3.63) is 228 Å². The molecule has 518 valence electrons. The molecule has 2 N–H and O–H groups in total. The van der Waals surface area contributed by atoms with Crippen LogP contribution in [0.15, 0.2) is 189 Å². The summed E-state index contributed by atoms with van der Waals surface area (Å²) < 4.78 is 26.9. The van der Waals surface area contributed by atoms with Crippen LogP contribution in [0.5, 0.6) is 0 Å². The fourth-order valence-electron chi connectivity index (χ4n) is 17.0. The number of nitriles is 2. The quantitative estimate of drug-likeness (QED) is 0.130. The van der Waals surface area contributed by atoms with E-state index < -0.39 is 0 Å². The number of benzene rings is 6. The number of fused-ring (bicyclic) bond motifs is 15. The summed E-state index contributed by atoms with van der Waals surface area (Å²) >= 11 is 0. The highest BCUT2D eigenvalue weighted by Gasteiger charge is 2.48. The third kappa shape index (κ3) is 12.3. The number of likely N-dealkylation sites (tertiary alicyclic amines) is 1. The summed E-state index contributed by atoms with van der Waals surface area (Å²) in [5, 5.41) is 26.9. The molecule has 0 bridgehead atoms. The number of nitrogens with two attached hydrogens (primary N) is 1. The molecule has 19 rings (SSSR count). The van der Waals surface area contributed by atoms with E-state index in [4.69, 9.17) is 26.2 Å². The van der Waals surface area contributed by atoms with Crippen LogP contribution in [0.1, 0.15) is 73.0 Å². The molecule has 0 aliphatic carbocycles. The Morgan fingerprint density at radius 3 is 1.65 bits per heavy atom. The molecule has 0 saturated carbocycles. The molecule has 19 heteroatoms. The standard InChI is InChI=1S/C30H32FN5.C27H27N7.C27H26N6/c1-3-21(2)35-19-30(20-35)10-12-33(18-30)26-8-9-27-24(14-26)17-34-16-23(22-4-6-25(31)7-5-22)15-28(34)29-32-11-13-36(27)29;1-31(2)14-20-9-10-32(15-20)24-7-8-25-23(11-24)17-33-16-22(21-5-3-19(13-28)4-6-21)12-26(33)27-30-29-18-34(25)27;1-18-14-30-27-26-11-22(21-4-2-19(12-28)3-5-21)16-32(26)17-23-10-24(6-7-25(23)33(18)27)31-9-8-20(13-29)15-31/h4-9,11,13-16,21H,3,10,12,17-20H2,1-2H3;3-8,11-12,16,18,20H,9-10,14-15,17H2,1-2H3;2-7,10-11,14,16,20H,8-9,13,15,17,29H2,1H3/t21-;2*20-/m100/s1. The molecule has 0 amide bonds. The summed E-state index contributed by atoms with van der Waals surface area (Å²) in [4.78, 5) is 22.0. The summed E-state index contributed by atoms with van der Waals surface area (Å²) in [5.41, 5.74) is 29.8. The number of aryl methyl sites for hydroxylation is 1. The van der Waals surface area contributed by atoms with Crippen LogP contribution in [0.3, 0.4) is 0 Å². The topological polar surface area (TPSA) is 171 Å². The third-order valence-corrected chi connectivity index (χ3v) is 22.7. The van der Waals surface area contributed by atoms with Crippen molar-refractivity contribution in [3.8, 4) is 97.1 Å². The molecule has 12 aromatic rings. The monoisotopic (exact) mass is 1360 g/mol. The summed E-state index contributed by atoms with van der Waals surface area (Å²) in [5.74, 6) is 3.83. The molecule has 1 spiro atoms. The van der Waals surface area contributed by atoms with Gasteiger partial charge < -0.3 is 39.0 Å². The lowest BCUT2D eigenvalue weighted by Gasteiger charge is -2.51. The van der Waals surface area contributed by atoms with Gasteiger partial charge in [-0.05, 0) is 215 Å². The van der Waals surface area contributed by atoms with E-state index in [1.54, 1.807) is 6.33 Å². The Morgan fingerprint density at radius 2 is 1.10 bits per heavy atom. The number of imidazole rings is 2. The van der Waals surface area contributed by atoms with E-state index in [0.29, 0.717) is 34.4 Å². The van der Waals surface area contributed by atoms with Gasteiger partial charge in [0.05, 0.1) is 57.4 Å². The molecule has 7 aliphatic rings. The molecule has 18 nitrogen and oxygen atoms in total. The smallest absolute Gasteiger partial charge is 0.185 e. The predicted octanol–water partition coefficient (Wildman–Crippen LogP) is 14.2. The van der Waals surface area contributed by atoms with Crippen LogP contribution < -0.4 is 20.4 Å². The highest BCUT2D eigenvalue weighted by molar-refractivity contribution is 5.76. The van der Waals surface area contributed by atoms with Gasteiger partial charge in [-0.15, -0.1) is 10.2 Å². The van der Waals surface area contributed by atoms with Gasteiger partial charge in [0.25, 0.3) is 0 Å². The maximum Gasteiger partial charge on any atom is 0.185 e. The predicted molar refractivity (Wildman–Crippen MR) is 405 cm³/mol. The lowest BCUT2D eigenvalue weighted by atomic mass is 9.78. The SMILES string of the molecule is CC[C@@H](C)N1CC2(CCN(c3ccc4c(c3)Cn3cc(-c5ccc(F)cc5)cc3-c3nccn3-4)C2)C1.CN(C)C[C@@H]1CCN(c2ccc3c(c2)Cn2cc(-c4ccc(C#N)cc4)cc2-c2nncn2-3)C1.Cc1cnc2n1-c1ccc(N3CC[C@@H](CN)C3)cc1Cn1cc(-c3ccc(C#N)cc3)cc1-2. The summed E-state index contributed by atoms with van der Waals surface area (Å²) in [6.07, 6.45) is 19.1. The maximum atomic E-state index is 13.5. The largest absolute Gasteiger partial charge is 0.371 e. The van der Waals surface area contributed by atoms with Crippen LogP contribution in [-0.4, -0.2) is 143 Å². The van der Waals surface area contributed by atoms with Crippen molar-refractivity contribution in [2.24, 2.45) is 23.0 Å². The Kier molecular flexibility index (Phi) is 16.9. The van der Waals surface area contributed by atoms with Crippen molar-refractivity contribution >= 4 is 17.1 Å². The average Bonchev–Trinajstić information content (AvgIpc) is 1.62. The van der Waals surface area contributed by atoms with Gasteiger partial charge in [0.15, 0.2) is 17.5 Å². The van der Waals surface area contributed by atoms with Crippen molar-refractivity contribution in [1.29, 1.82) is 10.5 Å². The zero-order valence-corrected chi connectivity index (χ0v) is 59.2. The molecule has 7 aliphatic heterocycles. The van der Waals surface area contributed by atoms with Crippen molar-refractivity contribution in [1.82, 2.24) is 57.4 Å². The number of rotatable bonds is 11. The Bertz CT molecular complexity index is 5230. The van der Waals surface area contributed by atoms with Crippen LogP contribution in [0, 0.1) is 52.7 Å². The van der Waals surface area contributed by atoms with Gasteiger partial charge in [-0.25, -0.2) is 14.4 Å². The van der Waals surface area contributed by atoms with Crippen LogP contribution >= 0.6 is 0 Å². The minimum absolute atomic E-state index is 0.213. The fourth-order valence-corrected chi connectivity index (χ4v) is 17.0. The molecule has 3 atom stereocenters. The average molecular weight is 1370 g/mol. The van der Waals surface area contributed by atoms with Crippen LogP contribution in [0.4, 0.5) is 21.5 Å². The second-order valence-corrected chi connectivity index (χ2v) is 29.8. The molecule has 6 aromatic heterocycles. The van der Waals surface area contributed by atoms with E-state index in [0.717, 1.165) is 158 Å². The van der Waals surface area contributed by atoms with Crippen LogP contribution in [-0.2, 0) is 19.6 Å². The van der Waals surface area contributed by atoms with Crippen molar-refractivity contribution in [2.75, 3.05) is 94.2 Å². The summed E-state index contributed by atoms with van der Waals surface area (Å²) in [7, 11) is 4.31. The van der Waals surface area contributed by atoms with E-state index in [1.165, 1.54) is 89.6 Å². The highest BCUT2D eigenvalue weighted by atomic mass is 19.1. The van der Waals surface area contributed by atoms with Crippen molar-refractivity contribution in [2.45, 2.75) is 72.1 Å². The normalized spacial score (nSPS) is 17.4. The first-order valence-electron chi connectivity index (χ1n) is 36.4. The van der Waals surface area contributed by atoms with Crippen molar-refractivity contribution < 1.29 is 4.39 Å². The number of hydrogen-bond donors (Lipinski definition) is 1. The summed E-state index contributed by atoms with van der Waals surface area (Å²) in [6.45, 7) is 20.0. The minimum atomic E-state index is -0.213. The Labute approximate surface area is 601 Å². The molecule has 4 fully saturated rings. The molecule has 13 heterocycles. The minimum Gasteiger partial charge on any atom is -0.371 e. The molecule has 0 radical (unpaired) electrons. The van der Waals surface area contributed by atoms with Gasteiger partial charge in [-0.2, -0.15) is 10.5 Å². The molecule has 0 unspecified atom stereocenters. The first-order valence-corrected chi connectivity index (χ1v) is 36.4. The number of hydrogen-bond acceptors (Lipinski definition) is 12. The van der Waals surface area contributed by atoms with E-state index in [2.05, 4.69) is 207 Å². The molecule has 4 saturated heterocycles. The number of nitrogens with zero attached hydrogens (tertiary/aromatic N) is 17. The van der Waals surface area contributed by atoms with Gasteiger partial charge in [0, 0.05) is 167 Å². The molecule has 103 heavy (non-hydrogen) atoms. The van der Waals surface area contributed by atoms with Gasteiger partial charge in [-0.3, -0.25) is 18.6 Å². The van der Waals surface area contributed by atoms with Gasteiger partial charge in [0.1, 0.15) is 12.1 Å². The van der Waals surface area contributed by atoms with Crippen molar-refractivity contribution in [3.63, 3.8) is 0 Å². The van der Waals surface area contributed by atoms with Gasteiger partial charge in [-0.1, -0.05) is 43.3 Å². The van der Waals surface area contributed by atoms with E-state index in [9.17, 15) is 4.39 Å². The second kappa shape index (κ2) is 26.7. The number of halogens is 1. The van der Waals surface area contributed by atoms with E-state index in [-0.39, 0.29) is 5.82 Å². The van der Waals surface area contributed by atoms with Crippen LogP contribution in [0.25, 0.3) is 85.0 Å². The van der Waals surface area contributed by atoms with Gasteiger partial charge >= 0.3 is 0 Å². The molecular weight excluding hydrogens is 1280 g/mol. The van der Waals surface area contributed by atoms with Gasteiger partial charge in [0.2, 0.25) is 0 Å². The number of anilines is 3. The Balaban J connectivity index is 0.000000115. The molecular formula is C84H85FN18. The Morgan fingerprint density at radius 1 is 0.583 bits per heavy atom. The zero-order valence-electron chi connectivity index (χ0n) is 59.2. The first kappa shape index (κ1) is 65.2. The summed E-state index contributed by atoms with van der Waals surface area (Å²) in [6, 6.07) is 54.4. The lowest BCUT2D eigenvalue weighted by molar-refractivity contribution is -0.0120. The third-order valence-electron chi connectivity index (χ3n) is 22.7. The van der Waals surface area contributed by atoms with E-state index in [1.807, 2.05) is 73.1 Å². The first-order chi connectivity index (χ1) is 50.2. The van der Waals surface area contributed by atoms with E-state index >= 15 is 0 Å². The molecule has 6 aromatic carbocycles. The highest BCUT2D eigenvalue weighted by Crippen LogP contribution is 2.45. The number of aromatic nitrogens is 10. The second-order valence-electron chi connectivity index (χ2n) is 29.8. The Hall–Kier alpha value is -11.1.